The quantitative estimate of drug-likeness (QED) is 0.738. The van der Waals surface area contributed by atoms with E-state index in [1.165, 1.54) is 0 Å². The fraction of sp³-hybridized carbons (Fsp3) is 0.400. The van der Waals surface area contributed by atoms with Crippen molar-refractivity contribution >= 4 is 0 Å². The highest BCUT2D eigenvalue weighted by atomic mass is 16.5. The predicted molar refractivity (Wildman–Crippen MR) is 56.5 cm³/mol. The smallest absolute Gasteiger partial charge is 0.223 e. The Kier molecular flexibility index (Phi) is 3.55. The summed E-state index contributed by atoms with van der Waals surface area (Å²) in [6.45, 7) is 3.27. The molecule has 0 unspecified atom stereocenters. The summed E-state index contributed by atoms with van der Waals surface area (Å²) < 4.78 is 4.87. The molecule has 0 amide bonds. The van der Waals surface area contributed by atoms with Crippen molar-refractivity contribution in [1.29, 1.82) is 0 Å². The molecular weight excluding hydrogens is 206 g/mol. The molecule has 0 spiro atoms. The van der Waals surface area contributed by atoms with Gasteiger partial charge in [-0.2, -0.15) is 4.98 Å². The summed E-state index contributed by atoms with van der Waals surface area (Å²) in [6, 6.07) is 0. The van der Waals surface area contributed by atoms with Gasteiger partial charge in [-0.15, -0.1) is 0 Å². The molecule has 2 rings (SSSR count). The van der Waals surface area contributed by atoms with Crippen LogP contribution in [0.4, 0.5) is 0 Å². The van der Waals surface area contributed by atoms with Crippen molar-refractivity contribution in [3.8, 4) is 0 Å². The van der Waals surface area contributed by atoms with Crippen molar-refractivity contribution in [3.05, 3.63) is 36.0 Å². The average Bonchev–Trinajstić information content (AvgIpc) is 2.72. The van der Waals surface area contributed by atoms with Crippen molar-refractivity contribution in [2.24, 2.45) is 0 Å². The zero-order valence-electron chi connectivity index (χ0n) is 9.05. The Hall–Kier alpha value is -1.82. The maximum absolute atomic E-state index is 4.87. The van der Waals surface area contributed by atoms with Gasteiger partial charge in [0.15, 0.2) is 5.82 Å². The molecule has 2 aromatic heterocycles. The van der Waals surface area contributed by atoms with Crippen LogP contribution in [0.2, 0.25) is 0 Å². The normalized spacial score (nSPS) is 10.6. The first kappa shape index (κ1) is 10.7. The van der Waals surface area contributed by atoms with E-state index in [0.717, 1.165) is 24.5 Å². The van der Waals surface area contributed by atoms with E-state index in [0.29, 0.717) is 12.4 Å². The van der Waals surface area contributed by atoms with Crippen LogP contribution in [0, 0.1) is 6.92 Å². The average molecular weight is 219 g/mol. The Morgan fingerprint density at radius 3 is 3.00 bits per heavy atom. The van der Waals surface area contributed by atoms with Gasteiger partial charge in [0.05, 0.1) is 5.69 Å². The summed E-state index contributed by atoms with van der Waals surface area (Å²) in [5, 5.41) is 7.04. The van der Waals surface area contributed by atoms with E-state index in [4.69, 9.17) is 4.52 Å². The molecule has 1 N–H and O–H groups in total. The van der Waals surface area contributed by atoms with E-state index in [9.17, 15) is 0 Å². The molecule has 84 valence electrons. The second-order valence-corrected chi connectivity index (χ2v) is 3.35. The van der Waals surface area contributed by atoms with Gasteiger partial charge in [0.2, 0.25) is 5.89 Å². The van der Waals surface area contributed by atoms with Crippen molar-refractivity contribution < 1.29 is 4.52 Å². The monoisotopic (exact) mass is 219 g/mol. The minimum atomic E-state index is 0.601. The topological polar surface area (TPSA) is 76.7 Å². The van der Waals surface area contributed by atoms with Gasteiger partial charge in [0, 0.05) is 45.0 Å². The maximum atomic E-state index is 4.87. The zero-order chi connectivity index (χ0) is 11.2. The van der Waals surface area contributed by atoms with Gasteiger partial charge in [-0.25, -0.2) is 0 Å². The first-order valence-electron chi connectivity index (χ1n) is 5.09. The number of nitrogens with one attached hydrogen (secondary N) is 1. The number of nitrogens with zero attached hydrogens (tertiary/aromatic N) is 4. The van der Waals surface area contributed by atoms with Crippen LogP contribution in [0.15, 0.2) is 23.1 Å². The summed E-state index contributed by atoms with van der Waals surface area (Å²) in [6.07, 6.45) is 5.83. The van der Waals surface area contributed by atoms with Crippen LogP contribution < -0.4 is 5.32 Å². The Bertz CT molecular complexity index is 428. The van der Waals surface area contributed by atoms with Crippen LogP contribution >= 0.6 is 0 Å². The molecule has 0 bridgehead atoms. The molecule has 0 saturated carbocycles. The van der Waals surface area contributed by atoms with Crippen LogP contribution in [-0.4, -0.2) is 26.7 Å². The molecule has 0 aliphatic rings. The van der Waals surface area contributed by atoms with Crippen molar-refractivity contribution in [2.45, 2.75) is 19.9 Å². The van der Waals surface area contributed by atoms with Gasteiger partial charge < -0.3 is 9.84 Å². The molecule has 16 heavy (non-hydrogen) atoms. The molecule has 2 heterocycles. The van der Waals surface area contributed by atoms with Crippen molar-refractivity contribution in [1.82, 2.24) is 25.4 Å². The lowest BCUT2D eigenvalue weighted by atomic mass is 10.4. The molecule has 6 nitrogen and oxygen atoms in total. The fourth-order valence-electron chi connectivity index (χ4n) is 1.28. The SMILES string of the molecule is Cc1nc(CCNCc2cnccn2)no1. The molecule has 0 aliphatic heterocycles. The van der Waals surface area contributed by atoms with Crippen LogP contribution in [0.5, 0.6) is 0 Å². The molecule has 2 aromatic rings. The number of aromatic nitrogens is 4. The highest BCUT2D eigenvalue weighted by Crippen LogP contribution is 1.95. The van der Waals surface area contributed by atoms with Crippen molar-refractivity contribution in [3.63, 3.8) is 0 Å². The number of rotatable bonds is 5. The third kappa shape index (κ3) is 3.09. The lowest BCUT2D eigenvalue weighted by Crippen LogP contribution is -2.18. The minimum Gasteiger partial charge on any atom is -0.340 e. The lowest BCUT2D eigenvalue weighted by Gasteiger charge is -2.00. The number of hydrogen-bond donors (Lipinski definition) is 1. The summed E-state index contributed by atoms with van der Waals surface area (Å²) in [5.41, 5.74) is 0.923. The first-order valence-corrected chi connectivity index (χ1v) is 5.09. The van der Waals surface area contributed by atoms with Gasteiger partial charge in [-0.1, -0.05) is 5.16 Å². The molecular formula is C10H13N5O. The third-order valence-corrected chi connectivity index (χ3v) is 2.02. The largest absolute Gasteiger partial charge is 0.340 e. The second-order valence-electron chi connectivity index (χ2n) is 3.35. The molecule has 0 radical (unpaired) electrons. The van der Waals surface area contributed by atoms with Crippen molar-refractivity contribution in [2.75, 3.05) is 6.54 Å². The minimum absolute atomic E-state index is 0.601. The molecule has 0 aliphatic carbocycles. The second kappa shape index (κ2) is 5.32. The highest BCUT2D eigenvalue weighted by molar-refractivity contribution is 4.94. The maximum Gasteiger partial charge on any atom is 0.223 e. The fourth-order valence-corrected chi connectivity index (χ4v) is 1.28. The summed E-state index contributed by atoms with van der Waals surface area (Å²) >= 11 is 0. The van der Waals surface area contributed by atoms with E-state index in [2.05, 4.69) is 25.4 Å². The molecule has 0 atom stereocenters. The molecule has 0 saturated heterocycles. The molecule has 0 aromatic carbocycles. The highest BCUT2D eigenvalue weighted by Gasteiger charge is 2.01. The Morgan fingerprint density at radius 1 is 1.38 bits per heavy atom. The predicted octanol–water partition coefficient (Wildman–Crippen LogP) is 0.500. The number of hydrogen-bond acceptors (Lipinski definition) is 6. The Labute approximate surface area is 93.1 Å². The van der Waals surface area contributed by atoms with Crippen LogP contribution in [0.1, 0.15) is 17.4 Å². The lowest BCUT2D eigenvalue weighted by molar-refractivity contribution is 0.387. The van der Waals surface area contributed by atoms with Gasteiger partial charge in [0.1, 0.15) is 0 Å². The van der Waals surface area contributed by atoms with Crippen LogP contribution in [-0.2, 0) is 13.0 Å². The first-order chi connectivity index (χ1) is 7.84. The number of aryl methyl sites for hydroxylation is 1. The van der Waals surface area contributed by atoms with Gasteiger partial charge in [0.25, 0.3) is 0 Å². The summed E-state index contributed by atoms with van der Waals surface area (Å²) in [4.78, 5) is 12.2. The van der Waals surface area contributed by atoms with Gasteiger partial charge >= 0.3 is 0 Å². The van der Waals surface area contributed by atoms with E-state index >= 15 is 0 Å². The molecule has 0 fully saturated rings. The van der Waals surface area contributed by atoms with E-state index in [1.54, 1.807) is 25.5 Å². The summed E-state index contributed by atoms with van der Waals surface area (Å²) in [5.74, 6) is 1.33. The van der Waals surface area contributed by atoms with E-state index in [1.807, 2.05) is 0 Å². The van der Waals surface area contributed by atoms with Crippen LogP contribution in [0.3, 0.4) is 0 Å². The Morgan fingerprint density at radius 2 is 2.31 bits per heavy atom. The zero-order valence-corrected chi connectivity index (χ0v) is 9.05. The standard InChI is InChI=1S/C10H13N5O/c1-8-14-10(15-16-8)2-3-11-6-9-7-12-4-5-13-9/h4-5,7,11H,2-3,6H2,1H3. The Balaban J connectivity index is 1.69. The third-order valence-electron chi connectivity index (χ3n) is 2.02. The van der Waals surface area contributed by atoms with E-state index < -0.39 is 0 Å². The van der Waals surface area contributed by atoms with Crippen LogP contribution in [0.25, 0.3) is 0 Å². The van der Waals surface area contributed by atoms with E-state index in [-0.39, 0.29) is 0 Å². The van der Waals surface area contributed by atoms with Gasteiger partial charge in [-0.3, -0.25) is 9.97 Å². The molecule has 6 heteroatoms. The van der Waals surface area contributed by atoms with Gasteiger partial charge in [-0.05, 0) is 0 Å². The summed E-state index contributed by atoms with van der Waals surface area (Å²) in [7, 11) is 0.